The third kappa shape index (κ3) is 11.2. The zero-order valence-electron chi connectivity index (χ0n) is 9.54. The van der Waals surface area contributed by atoms with Gasteiger partial charge < -0.3 is 0 Å². The molecule has 0 saturated carbocycles. The van der Waals surface area contributed by atoms with Crippen LogP contribution in [0.4, 0.5) is 0 Å². The molecule has 0 aromatic rings. The average Bonchev–Trinajstić information content (AvgIpc) is 2.21. The Labute approximate surface area is 89.4 Å². The second-order valence-corrected chi connectivity index (χ2v) is 3.55. The van der Waals surface area contributed by atoms with Crippen molar-refractivity contribution < 1.29 is 0 Å². The van der Waals surface area contributed by atoms with Gasteiger partial charge >= 0.3 is 0 Å². The summed E-state index contributed by atoms with van der Waals surface area (Å²) >= 11 is 0. The molecule has 0 rings (SSSR count). The molecule has 0 N–H and O–H groups in total. The van der Waals surface area contributed by atoms with E-state index in [4.69, 9.17) is 0 Å². The Morgan fingerprint density at radius 3 is 2.29 bits per heavy atom. The van der Waals surface area contributed by atoms with E-state index >= 15 is 0 Å². The van der Waals surface area contributed by atoms with Crippen molar-refractivity contribution in [3.05, 3.63) is 37.0 Å². The summed E-state index contributed by atoms with van der Waals surface area (Å²) in [5.41, 5.74) is 0. The van der Waals surface area contributed by atoms with E-state index in [0.29, 0.717) is 0 Å². The number of rotatable bonds is 9. The van der Waals surface area contributed by atoms with Gasteiger partial charge in [0.15, 0.2) is 0 Å². The third-order valence-corrected chi connectivity index (χ3v) is 2.13. The molecule has 0 spiro atoms. The minimum atomic E-state index is 0.990. The van der Waals surface area contributed by atoms with E-state index in [1.54, 1.807) is 0 Å². The quantitative estimate of drug-likeness (QED) is 0.355. The van der Waals surface area contributed by atoms with Gasteiger partial charge in [-0.1, -0.05) is 56.6 Å². The molecular weight excluding hydrogens is 168 g/mol. The molecule has 0 saturated heterocycles. The second-order valence-electron chi connectivity index (χ2n) is 3.55. The van der Waals surface area contributed by atoms with E-state index in [1.807, 2.05) is 6.08 Å². The zero-order chi connectivity index (χ0) is 10.5. The van der Waals surface area contributed by atoms with Crippen LogP contribution in [0.3, 0.4) is 0 Å². The first-order valence-corrected chi connectivity index (χ1v) is 5.82. The van der Waals surface area contributed by atoms with E-state index in [-0.39, 0.29) is 0 Å². The van der Waals surface area contributed by atoms with Gasteiger partial charge in [-0.3, -0.25) is 0 Å². The first-order valence-electron chi connectivity index (χ1n) is 5.82. The van der Waals surface area contributed by atoms with Crippen molar-refractivity contribution in [2.45, 2.75) is 51.9 Å². The molecule has 0 aromatic heterocycles. The first-order chi connectivity index (χ1) is 6.91. The molecule has 0 radical (unpaired) electrons. The molecule has 14 heavy (non-hydrogen) atoms. The predicted molar refractivity (Wildman–Crippen MR) is 66.5 cm³/mol. The molecule has 0 unspecified atom stereocenters. The SMILES string of the molecule is C=CCC=CCC=CCCCCCC. The van der Waals surface area contributed by atoms with Crippen molar-refractivity contribution in [3.63, 3.8) is 0 Å². The highest BCUT2D eigenvalue weighted by molar-refractivity contribution is 4.95. The molecule has 0 heterocycles. The average molecular weight is 192 g/mol. The largest absolute Gasteiger partial charge is 0.103 e. The molecule has 0 aromatic carbocycles. The van der Waals surface area contributed by atoms with E-state index in [2.05, 4.69) is 37.8 Å². The maximum absolute atomic E-state index is 3.67. The zero-order valence-corrected chi connectivity index (χ0v) is 9.54. The minimum absolute atomic E-state index is 0.990. The fourth-order valence-electron chi connectivity index (χ4n) is 1.27. The topological polar surface area (TPSA) is 0 Å². The first kappa shape index (κ1) is 13.2. The summed E-state index contributed by atoms with van der Waals surface area (Å²) < 4.78 is 0. The van der Waals surface area contributed by atoms with Gasteiger partial charge in [0.05, 0.1) is 0 Å². The predicted octanol–water partition coefficient (Wildman–Crippen LogP) is 5.04. The smallest absolute Gasteiger partial charge is 0.0169 e. The summed E-state index contributed by atoms with van der Waals surface area (Å²) in [7, 11) is 0. The molecule has 0 heteroatoms. The summed E-state index contributed by atoms with van der Waals surface area (Å²) in [4.78, 5) is 0. The molecule has 0 aliphatic rings. The Balaban J connectivity index is 3.14. The van der Waals surface area contributed by atoms with Gasteiger partial charge in [0, 0.05) is 0 Å². The van der Waals surface area contributed by atoms with Crippen LogP contribution in [-0.4, -0.2) is 0 Å². The Bertz CT molecular complexity index is 163. The van der Waals surface area contributed by atoms with Crippen molar-refractivity contribution >= 4 is 0 Å². The van der Waals surface area contributed by atoms with Gasteiger partial charge in [0.25, 0.3) is 0 Å². The highest BCUT2D eigenvalue weighted by Gasteiger charge is 1.83. The third-order valence-electron chi connectivity index (χ3n) is 2.13. The lowest BCUT2D eigenvalue weighted by atomic mass is 10.1. The van der Waals surface area contributed by atoms with Crippen LogP contribution in [0.5, 0.6) is 0 Å². The van der Waals surface area contributed by atoms with Crippen LogP contribution in [0.25, 0.3) is 0 Å². The summed E-state index contributed by atoms with van der Waals surface area (Å²) in [6.07, 6.45) is 19.6. The fourth-order valence-corrected chi connectivity index (χ4v) is 1.27. The lowest BCUT2D eigenvalue weighted by Crippen LogP contribution is -1.73. The van der Waals surface area contributed by atoms with Crippen molar-refractivity contribution in [1.82, 2.24) is 0 Å². The van der Waals surface area contributed by atoms with Crippen molar-refractivity contribution in [2.24, 2.45) is 0 Å². The maximum Gasteiger partial charge on any atom is -0.0169 e. The van der Waals surface area contributed by atoms with Gasteiger partial charge in [-0.25, -0.2) is 0 Å². The van der Waals surface area contributed by atoms with Gasteiger partial charge in [0.2, 0.25) is 0 Å². The number of unbranched alkanes of at least 4 members (excludes halogenated alkanes) is 4. The lowest BCUT2D eigenvalue weighted by molar-refractivity contribution is 0.674. The number of hydrogen-bond donors (Lipinski definition) is 0. The van der Waals surface area contributed by atoms with Crippen molar-refractivity contribution in [2.75, 3.05) is 0 Å². The molecule has 0 atom stereocenters. The van der Waals surface area contributed by atoms with E-state index in [0.717, 1.165) is 12.8 Å². The van der Waals surface area contributed by atoms with Crippen LogP contribution in [0, 0.1) is 0 Å². The molecule has 0 aliphatic carbocycles. The van der Waals surface area contributed by atoms with Crippen molar-refractivity contribution in [1.29, 1.82) is 0 Å². The fraction of sp³-hybridized carbons (Fsp3) is 0.571. The van der Waals surface area contributed by atoms with Crippen molar-refractivity contribution in [3.8, 4) is 0 Å². The Morgan fingerprint density at radius 1 is 0.857 bits per heavy atom. The lowest BCUT2D eigenvalue weighted by Gasteiger charge is -1.93. The van der Waals surface area contributed by atoms with Crippen LogP contribution in [0.15, 0.2) is 37.0 Å². The Morgan fingerprint density at radius 2 is 1.57 bits per heavy atom. The molecule has 0 fully saturated rings. The highest BCUT2D eigenvalue weighted by atomic mass is 13.9. The molecule has 0 aliphatic heterocycles. The van der Waals surface area contributed by atoms with Crippen LogP contribution in [-0.2, 0) is 0 Å². The monoisotopic (exact) mass is 192 g/mol. The molecule has 80 valence electrons. The van der Waals surface area contributed by atoms with Gasteiger partial charge in [-0.2, -0.15) is 0 Å². The summed E-state index contributed by atoms with van der Waals surface area (Å²) in [5, 5.41) is 0. The van der Waals surface area contributed by atoms with Gasteiger partial charge in [-0.05, 0) is 25.7 Å². The second kappa shape index (κ2) is 12.2. The Hall–Kier alpha value is -0.780. The van der Waals surface area contributed by atoms with E-state index in [1.165, 1.54) is 32.1 Å². The van der Waals surface area contributed by atoms with Crippen LogP contribution in [0.1, 0.15) is 51.9 Å². The molecule has 0 nitrogen and oxygen atoms in total. The van der Waals surface area contributed by atoms with E-state index < -0.39 is 0 Å². The summed E-state index contributed by atoms with van der Waals surface area (Å²) in [6.45, 7) is 5.92. The molecule has 0 bridgehead atoms. The number of hydrogen-bond acceptors (Lipinski definition) is 0. The van der Waals surface area contributed by atoms with Crippen LogP contribution >= 0.6 is 0 Å². The maximum atomic E-state index is 3.67. The van der Waals surface area contributed by atoms with Crippen LogP contribution in [0.2, 0.25) is 0 Å². The normalized spacial score (nSPS) is 11.5. The molecular formula is C14H24. The van der Waals surface area contributed by atoms with Crippen LogP contribution < -0.4 is 0 Å². The minimum Gasteiger partial charge on any atom is -0.103 e. The standard InChI is InChI=1S/C14H24/c1-3-5-7-9-11-13-14-12-10-8-6-4-2/h3,7,9,13-14H,1,4-6,8,10-12H2,2H3. The highest BCUT2D eigenvalue weighted by Crippen LogP contribution is 2.03. The summed E-state index contributed by atoms with van der Waals surface area (Å²) in [5.74, 6) is 0. The number of allylic oxidation sites excluding steroid dienone is 5. The van der Waals surface area contributed by atoms with Gasteiger partial charge in [-0.15, -0.1) is 6.58 Å². The van der Waals surface area contributed by atoms with Gasteiger partial charge in [0.1, 0.15) is 0 Å². The van der Waals surface area contributed by atoms with E-state index in [9.17, 15) is 0 Å². The Kier molecular flexibility index (Phi) is 11.5. The molecule has 0 amide bonds. The summed E-state index contributed by atoms with van der Waals surface area (Å²) in [6, 6.07) is 0.